The van der Waals surface area contributed by atoms with Crippen molar-refractivity contribution in [2.75, 3.05) is 11.0 Å². The Morgan fingerprint density at radius 3 is 2.33 bits per heavy atom. The van der Waals surface area contributed by atoms with Crippen LogP contribution in [0.4, 0.5) is 5.69 Å². The Hall–Kier alpha value is -1.21. The number of halogens is 2. The van der Waals surface area contributed by atoms with Crippen molar-refractivity contribution in [1.82, 2.24) is 0 Å². The van der Waals surface area contributed by atoms with E-state index >= 15 is 0 Å². The van der Waals surface area contributed by atoms with Crippen LogP contribution in [0, 0.1) is 0 Å². The van der Waals surface area contributed by atoms with E-state index in [1.54, 1.807) is 49.4 Å². The van der Waals surface area contributed by atoms with Crippen molar-refractivity contribution < 1.29 is 13.2 Å². The summed E-state index contributed by atoms with van der Waals surface area (Å²) in [5, 5.41) is 0.726. The van der Waals surface area contributed by atoms with Gasteiger partial charge < -0.3 is 0 Å². The highest BCUT2D eigenvalue weighted by atomic mass is 35.5. The monoisotopic (exact) mass is 403 g/mol. The van der Waals surface area contributed by atoms with Gasteiger partial charge in [0.15, 0.2) is 5.78 Å². The minimum absolute atomic E-state index is 0.0815. The second-order valence-electron chi connectivity index (χ2n) is 5.15. The third-order valence-electron chi connectivity index (χ3n) is 3.04. The van der Waals surface area contributed by atoms with Crippen molar-refractivity contribution in [2.24, 2.45) is 0 Å². The number of anilines is 1. The molecule has 0 unspecified atom stereocenters. The average molecular weight is 404 g/mol. The maximum atomic E-state index is 12.5. The summed E-state index contributed by atoms with van der Waals surface area (Å²) in [4.78, 5) is 13.2. The van der Waals surface area contributed by atoms with Crippen molar-refractivity contribution in [3.63, 3.8) is 0 Å². The zero-order valence-corrected chi connectivity index (χ0v) is 16.1. The van der Waals surface area contributed by atoms with Gasteiger partial charge >= 0.3 is 0 Å². The van der Waals surface area contributed by atoms with Crippen molar-refractivity contribution in [2.45, 2.75) is 17.1 Å². The summed E-state index contributed by atoms with van der Waals surface area (Å²) >= 11 is 13.4. The number of hydrogen-bond donors (Lipinski definition) is 1. The third kappa shape index (κ3) is 5.41. The van der Waals surface area contributed by atoms with Gasteiger partial charge in [-0.2, -0.15) is 0 Å². The minimum atomic E-state index is -3.34. The number of hydrogen-bond acceptors (Lipinski definition) is 4. The minimum Gasteiger partial charge on any atom is -0.293 e. The van der Waals surface area contributed by atoms with Gasteiger partial charge in [0.2, 0.25) is 10.0 Å². The number of carbonyl (C=O) groups is 1. The lowest BCUT2D eigenvalue weighted by atomic mass is 10.1. The summed E-state index contributed by atoms with van der Waals surface area (Å²) in [6, 6.07) is 11.4. The van der Waals surface area contributed by atoms with Crippen LogP contribution in [0.15, 0.2) is 47.4 Å². The lowest BCUT2D eigenvalue weighted by molar-refractivity contribution is 0.0994. The fraction of sp³-hybridized carbons (Fsp3) is 0.188. The molecule has 0 aromatic heterocycles. The Morgan fingerprint density at radius 2 is 1.75 bits per heavy atom. The quantitative estimate of drug-likeness (QED) is 0.559. The zero-order valence-electron chi connectivity index (χ0n) is 12.9. The molecule has 0 fully saturated rings. The predicted molar refractivity (Wildman–Crippen MR) is 101 cm³/mol. The molecule has 0 aliphatic rings. The molecular weight excluding hydrogens is 389 g/mol. The molecule has 128 valence electrons. The summed E-state index contributed by atoms with van der Waals surface area (Å²) in [6.07, 6.45) is 1.07. The van der Waals surface area contributed by atoms with Gasteiger partial charge in [-0.3, -0.25) is 9.52 Å². The van der Waals surface area contributed by atoms with Gasteiger partial charge in [0, 0.05) is 21.2 Å². The number of carbonyl (C=O) groups excluding carboxylic acids is 1. The molecule has 0 aliphatic carbocycles. The molecule has 0 saturated carbocycles. The Labute approximate surface area is 155 Å². The molecule has 0 saturated heterocycles. The van der Waals surface area contributed by atoms with Gasteiger partial charge in [-0.15, -0.1) is 11.8 Å². The van der Waals surface area contributed by atoms with E-state index in [2.05, 4.69) is 4.72 Å². The number of thioether (sulfide) groups is 1. The first kappa shape index (κ1) is 19.1. The highest BCUT2D eigenvalue weighted by molar-refractivity contribution is 8.00. The molecule has 4 nitrogen and oxygen atoms in total. The topological polar surface area (TPSA) is 63.2 Å². The lowest BCUT2D eigenvalue weighted by Gasteiger charge is -2.12. The smallest absolute Gasteiger partial charge is 0.229 e. The molecule has 2 aromatic rings. The molecule has 2 aromatic carbocycles. The predicted octanol–water partition coefficient (Wildman–Crippen LogP) is 4.73. The van der Waals surface area contributed by atoms with E-state index < -0.39 is 10.0 Å². The van der Waals surface area contributed by atoms with E-state index in [1.807, 2.05) is 0 Å². The Balaban J connectivity index is 2.11. The highest BCUT2D eigenvalue weighted by Gasteiger charge is 2.18. The van der Waals surface area contributed by atoms with Crippen molar-refractivity contribution >= 4 is 56.5 Å². The number of nitrogens with one attached hydrogen (secondary N) is 1. The van der Waals surface area contributed by atoms with Crippen LogP contribution in [-0.2, 0) is 10.0 Å². The highest BCUT2D eigenvalue weighted by Crippen LogP contribution is 2.33. The van der Waals surface area contributed by atoms with Crippen LogP contribution in [0.5, 0.6) is 0 Å². The van der Waals surface area contributed by atoms with Crippen LogP contribution in [0.2, 0.25) is 10.0 Å². The van der Waals surface area contributed by atoms with Crippen molar-refractivity contribution in [3.05, 3.63) is 58.1 Å². The Kier molecular flexibility index (Phi) is 6.20. The van der Waals surface area contributed by atoms with Crippen LogP contribution < -0.4 is 4.72 Å². The molecule has 1 atom stereocenters. The zero-order chi connectivity index (χ0) is 17.9. The Bertz CT molecular complexity index is 852. The van der Waals surface area contributed by atoms with Crippen LogP contribution in [0.1, 0.15) is 17.3 Å². The summed E-state index contributed by atoms with van der Waals surface area (Å²) in [5.41, 5.74) is 0.902. The molecule has 2 rings (SSSR count). The van der Waals surface area contributed by atoms with Gasteiger partial charge in [0.1, 0.15) is 0 Å². The van der Waals surface area contributed by atoms with Gasteiger partial charge in [0.05, 0.1) is 16.5 Å². The van der Waals surface area contributed by atoms with E-state index in [9.17, 15) is 13.2 Å². The van der Waals surface area contributed by atoms with E-state index in [0.29, 0.717) is 21.3 Å². The first-order chi connectivity index (χ1) is 11.2. The summed E-state index contributed by atoms with van der Waals surface area (Å²) < 4.78 is 24.7. The molecule has 0 aliphatic heterocycles. The van der Waals surface area contributed by atoms with Crippen LogP contribution in [0.3, 0.4) is 0 Å². The molecular formula is C16H15Cl2NO3S2. The maximum absolute atomic E-state index is 12.5. The van der Waals surface area contributed by atoms with Crippen LogP contribution >= 0.6 is 35.0 Å². The van der Waals surface area contributed by atoms with Crippen molar-refractivity contribution in [3.8, 4) is 0 Å². The number of rotatable bonds is 6. The van der Waals surface area contributed by atoms with E-state index in [1.165, 1.54) is 11.8 Å². The fourth-order valence-electron chi connectivity index (χ4n) is 1.96. The second kappa shape index (κ2) is 7.78. The van der Waals surface area contributed by atoms with Gasteiger partial charge in [-0.1, -0.05) is 23.2 Å². The third-order valence-corrected chi connectivity index (χ3v) is 5.48. The number of benzene rings is 2. The lowest BCUT2D eigenvalue weighted by Crippen LogP contribution is -2.14. The largest absolute Gasteiger partial charge is 0.293 e. The summed E-state index contributed by atoms with van der Waals surface area (Å²) in [7, 11) is -3.34. The first-order valence-corrected chi connectivity index (χ1v) is 10.4. The summed E-state index contributed by atoms with van der Waals surface area (Å²) in [6.45, 7) is 1.78. The molecule has 0 radical (unpaired) electrons. The van der Waals surface area contributed by atoms with Crippen LogP contribution in [0.25, 0.3) is 0 Å². The molecule has 24 heavy (non-hydrogen) atoms. The van der Waals surface area contributed by atoms with E-state index in [-0.39, 0.29) is 11.0 Å². The first-order valence-electron chi connectivity index (χ1n) is 6.89. The summed E-state index contributed by atoms with van der Waals surface area (Å²) in [5.74, 6) is -0.0815. The molecule has 0 spiro atoms. The standard InChI is InChI=1S/C16H15Cl2NO3S2/c1-10(23-15-9-12(17)5-8-14(15)18)16(20)11-3-6-13(7-4-11)19-24(2,21)22/h3-10,19H,1-2H3/t10-/m1/s1. The normalized spacial score (nSPS) is 12.7. The molecule has 0 heterocycles. The fourth-order valence-corrected chi connectivity index (χ4v) is 4.01. The van der Waals surface area contributed by atoms with Gasteiger partial charge in [0.25, 0.3) is 0 Å². The van der Waals surface area contributed by atoms with Crippen molar-refractivity contribution in [1.29, 1.82) is 0 Å². The number of sulfonamides is 1. The molecule has 0 bridgehead atoms. The van der Waals surface area contributed by atoms with E-state index in [4.69, 9.17) is 23.2 Å². The average Bonchev–Trinajstić information content (AvgIpc) is 2.49. The molecule has 0 amide bonds. The second-order valence-corrected chi connectivity index (χ2v) is 9.13. The van der Waals surface area contributed by atoms with Gasteiger partial charge in [-0.05, 0) is 49.4 Å². The maximum Gasteiger partial charge on any atom is 0.229 e. The van der Waals surface area contributed by atoms with Crippen LogP contribution in [-0.4, -0.2) is 25.7 Å². The Morgan fingerprint density at radius 1 is 1.12 bits per heavy atom. The SMILES string of the molecule is C[C@@H](Sc1cc(Cl)ccc1Cl)C(=O)c1ccc(NS(C)(=O)=O)cc1. The van der Waals surface area contributed by atoms with Gasteiger partial charge in [-0.25, -0.2) is 8.42 Å². The number of ketones is 1. The molecule has 1 N–H and O–H groups in total. The molecule has 8 heteroatoms. The van der Waals surface area contributed by atoms with E-state index in [0.717, 1.165) is 11.2 Å². The number of Topliss-reactive ketones (excluding diaryl/α,β-unsaturated/α-hetero) is 1.